The Labute approximate surface area is 190 Å². The molecule has 0 saturated carbocycles. The zero-order valence-electron chi connectivity index (χ0n) is 17.0. The SMILES string of the molecule is O=C(Nc1ccc(NCc2ccccc2)c(Cl)c1)c1cccnc1Nc1cccc(F)c1. The van der Waals surface area contributed by atoms with Gasteiger partial charge in [0.2, 0.25) is 0 Å². The summed E-state index contributed by atoms with van der Waals surface area (Å²) in [6.07, 6.45) is 1.56. The van der Waals surface area contributed by atoms with Crippen LogP contribution in [0.1, 0.15) is 15.9 Å². The second-order valence-corrected chi connectivity index (χ2v) is 7.43. The fourth-order valence-electron chi connectivity index (χ4n) is 3.12. The highest BCUT2D eigenvalue weighted by Crippen LogP contribution is 2.27. The molecule has 0 bridgehead atoms. The van der Waals surface area contributed by atoms with Crippen molar-refractivity contribution in [3.8, 4) is 0 Å². The van der Waals surface area contributed by atoms with Crippen molar-refractivity contribution in [2.75, 3.05) is 16.0 Å². The van der Waals surface area contributed by atoms with Crippen molar-refractivity contribution in [1.29, 1.82) is 0 Å². The number of halogens is 2. The lowest BCUT2D eigenvalue weighted by molar-refractivity contribution is 0.102. The molecule has 0 atom stereocenters. The maximum absolute atomic E-state index is 13.5. The first-order chi connectivity index (χ1) is 15.6. The third kappa shape index (κ3) is 5.42. The predicted molar refractivity (Wildman–Crippen MR) is 127 cm³/mol. The van der Waals surface area contributed by atoms with Crippen LogP contribution in [0.5, 0.6) is 0 Å². The lowest BCUT2D eigenvalue weighted by Crippen LogP contribution is -2.14. The van der Waals surface area contributed by atoms with Gasteiger partial charge in [0.15, 0.2) is 0 Å². The number of pyridine rings is 1. The van der Waals surface area contributed by atoms with Gasteiger partial charge >= 0.3 is 0 Å². The minimum atomic E-state index is -0.382. The summed E-state index contributed by atoms with van der Waals surface area (Å²) in [4.78, 5) is 17.1. The first-order valence-electron chi connectivity index (χ1n) is 9.95. The van der Waals surface area contributed by atoms with Crippen LogP contribution < -0.4 is 16.0 Å². The van der Waals surface area contributed by atoms with Gasteiger partial charge in [-0.05, 0) is 54.1 Å². The summed E-state index contributed by atoms with van der Waals surface area (Å²) in [6, 6.07) is 24.5. The summed E-state index contributed by atoms with van der Waals surface area (Å²) in [7, 11) is 0. The van der Waals surface area contributed by atoms with Gasteiger partial charge in [-0.25, -0.2) is 9.37 Å². The van der Waals surface area contributed by atoms with Crippen LogP contribution in [0, 0.1) is 5.82 Å². The number of nitrogens with one attached hydrogen (secondary N) is 3. The molecule has 7 heteroatoms. The predicted octanol–water partition coefficient (Wildman–Crippen LogP) is 6.48. The molecule has 5 nitrogen and oxygen atoms in total. The molecule has 0 unspecified atom stereocenters. The van der Waals surface area contributed by atoms with E-state index in [1.165, 1.54) is 12.1 Å². The largest absolute Gasteiger partial charge is 0.380 e. The van der Waals surface area contributed by atoms with Crippen LogP contribution in [0.3, 0.4) is 0 Å². The molecule has 0 aliphatic rings. The molecule has 0 fully saturated rings. The fraction of sp³-hybridized carbons (Fsp3) is 0.0400. The molecule has 1 heterocycles. The van der Waals surface area contributed by atoms with E-state index < -0.39 is 0 Å². The molecule has 4 rings (SSSR count). The van der Waals surface area contributed by atoms with E-state index in [-0.39, 0.29) is 11.7 Å². The Morgan fingerprint density at radius 2 is 1.75 bits per heavy atom. The Morgan fingerprint density at radius 1 is 0.906 bits per heavy atom. The third-order valence-electron chi connectivity index (χ3n) is 4.69. The van der Waals surface area contributed by atoms with E-state index in [1.54, 1.807) is 42.6 Å². The first kappa shape index (κ1) is 21.3. The first-order valence-corrected chi connectivity index (χ1v) is 10.3. The second kappa shape index (κ2) is 9.94. The molecule has 0 spiro atoms. The molecular formula is C25H20ClFN4O. The number of carbonyl (C=O) groups is 1. The summed E-state index contributed by atoms with van der Waals surface area (Å²) in [5, 5.41) is 9.59. The number of rotatable bonds is 7. The van der Waals surface area contributed by atoms with Crippen LogP contribution in [0.15, 0.2) is 91.1 Å². The zero-order valence-corrected chi connectivity index (χ0v) is 17.7. The Hall–Kier alpha value is -3.90. The van der Waals surface area contributed by atoms with E-state index in [0.717, 1.165) is 11.3 Å². The Kier molecular flexibility index (Phi) is 6.63. The van der Waals surface area contributed by atoms with E-state index in [1.807, 2.05) is 36.4 Å². The van der Waals surface area contributed by atoms with E-state index in [0.29, 0.717) is 34.3 Å². The van der Waals surface area contributed by atoms with Crippen LogP contribution in [0.2, 0.25) is 5.02 Å². The van der Waals surface area contributed by atoms with Gasteiger partial charge < -0.3 is 16.0 Å². The van der Waals surface area contributed by atoms with Crippen LogP contribution in [-0.2, 0) is 6.54 Å². The summed E-state index contributed by atoms with van der Waals surface area (Å²) < 4.78 is 13.5. The summed E-state index contributed by atoms with van der Waals surface area (Å²) in [5.74, 6) is -0.423. The lowest BCUT2D eigenvalue weighted by Gasteiger charge is -2.13. The lowest BCUT2D eigenvalue weighted by atomic mass is 10.2. The molecule has 0 saturated heterocycles. The molecule has 1 amide bonds. The van der Waals surface area contributed by atoms with Crippen molar-refractivity contribution >= 4 is 40.4 Å². The number of amides is 1. The van der Waals surface area contributed by atoms with Gasteiger partial charge in [-0.15, -0.1) is 0 Å². The zero-order chi connectivity index (χ0) is 22.3. The quantitative estimate of drug-likeness (QED) is 0.304. The van der Waals surface area contributed by atoms with E-state index in [4.69, 9.17) is 11.6 Å². The number of hydrogen-bond acceptors (Lipinski definition) is 4. The van der Waals surface area contributed by atoms with Crippen molar-refractivity contribution in [2.24, 2.45) is 0 Å². The molecule has 32 heavy (non-hydrogen) atoms. The minimum absolute atomic E-state index is 0.319. The number of benzene rings is 3. The highest BCUT2D eigenvalue weighted by atomic mass is 35.5. The van der Waals surface area contributed by atoms with Crippen molar-refractivity contribution in [2.45, 2.75) is 6.54 Å². The van der Waals surface area contributed by atoms with Gasteiger partial charge in [0.05, 0.1) is 16.3 Å². The molecule has 3 N–H and O–H groups in total. The highest BCUT2D eigenvalue weighted by Gasteiger charge is 2.14. The van der Waals surface area contributed by atoms with Crippen LogP contribution in [0.25, 0.3) is 0 Å². The fourth-order valence-corrected chi connectivity index (χ4v) is 3.37. The van der Waals surface area contributed by atoms with Gasteiger partial charge in [0.25, 0.3) is 5.91 Å². The Morgan fingerprint density at radius 3 is 2.53 bits per heavy atom. The molecule has 3 aromatic carbocycles. The summed E-state index contributed by atoms with van der Waals surface area (Å²) in [6.45, 7) is 0.636. The number of hydrogen-bond donors (Lipinski definition) is 3. The Bertz CT molecular complexity index is 1230. The van der Waals surface area contributed by atoms with Crippen molar-refractivity contribution in [3.63, 3.8) is 0 Å². The van der Waals surface area contributed by atoms with E-state index >= 15 is 0 Å². The highest BCUT2D eigenvalue weighted by molar-refractivity contribution is 6.33. The van der Waals surface area contributed by atoms with Crippen molar-refractivity contribution in [1.82, 2.24) is 4.98 Å². The smallest absolute Gasteiger partial charge is 0.259 e. The topological polar surface area (TPSA) is 66.0 Å². The summed E-state index contributed by atoms with van der Waals surface area (Å²) >= 11 is 6.40. The van der Waals surface area contributed by atoms with Gasteiger partial charge in [-0.3, -0.25) is 4.79 Å². The minimum Gasteiger partial charge on any atom is -0.380 e. The van der Waals surface area contributed by atoms with Gasteiger partial charge in [0, 0.05) is 24.1 Å². The van der Waals surface area contributed by atoms with Gasteiger partial charge in [-0.1, -0.05) is 48.0 Å². The van der Waals surface area contributed by atoms with Crippen LogP contribution in [-0.4, -0.2) is 10.9 Å². The summed E-state index contributed by atoms with van der Waals surface area (Å²) in [5.41, 5.74) is 3.26. The second-order valence-electron chi connectivity index (χ2n) is 7.02. The molecule has 0 aliphatic heterocycles. The maximum Gasteiger partial charge on any atom is 0.259 e. The Balaban J connectivity index is 1.45. The van der Waals surface area contributed by atoms with E-state index in [9.17, 15) is 9.18 Å². The number of aromatic nitrogens is 1. The molecule has 0 aliphatic carbocycles. The van der Waals surface area contributed by atoms with Gasteiger partial charge in [0.1, 0.15) is 11.6 Å². The number of nitrogens with zero attached hydrogens (tertiary/aromatic N) is 1. The molecule has 1 aromatic heterocycles. The maximum atomic E-state index is 13.5. The molecular weight excluding hydrogens is 427 g/mol. The third-order valence-corrected chi connectivity index (χ3v) is 5.01. The molecule has 160 valence electrons. The van der Waals surface area contributed by atoms with Crippen molar-refractivity contribution in [3.05, 3.63) is 113 Å². The van der Waals surface area contributed by atoms with Crippen molar-refractivity contribution < 1.29 is 9.18 Å². The van der Waals surface area contributed by atoms with Crippen LogP contribution >= 0.6 is 11.6 Å². The average Bonchev–Trinajstić information content (AvgIpc) is 2.79. The monoisotopic (exact) mass is 446 g/mol. The number of carbonyl (C=O) groups excluding carboxylic acids is 1. The standard InChI is InChI=1S/C25H20ClFN4O/c26-22-15-20(11-12-23(22)29-16-17-6-2-1-3-7-17)31-25(32)21-10-5-13-28-24(21)30-19-9-4-8-18(27)14-19/h1-15,29H,16H2,(H,28,30)(H,31,32). The normalized spacial score (nSPS) is 10.4. The number of anilines is 4. The average molecular weight is 447 g/mol. The van der Waals surface area contributed by atoms with E-state index in [2.05, 4.69) is 20.9 Å². The molecule has 4 aromatic rings. The van der Waals surface area contributed by atoms with Crippen LogP contribution in [0.4, 0.5) is 27.3 Å². The van der Waals surface area contributed by atoms with Gasteiger partial charge in [-0.2, -0.15) is 0 Å². The molecule has 0 radical (unpaired) electrons.